The first kappa shape index (κ1) is 23.4. The van der Waals surface area contributed by atoms with E-state index in [4.69, 9.17) is 60.7 Å². The second kappa shape index (κ2) is 12.7. The molecule has 0 aliphatic rings. The molecular formula is C21H19Cl4NO3. The van der Waals surface area contributed by atoms with E-state index in [-0.39, 0.29) is 11.1 Å². The van der Waals surface area contributed by atoms with Gasteiger partial charge in [0.1, 0.15) is 23.5 Å². The van der Waals surface area contributed by atoms with Gasteiger partial charge in [-0.2, -0.15) is 0 Å². The number of oxime groups is 1. The van der Waals surface area contributed by atoms with Crippen LogP contribution in [0.4, 0.5) is 0 Å². The first-order valence-electron chi connectivity index (χ1n) is 8.60. The van der Waals surface area contributed by atoms with E-state index >= 15 is 0 Å². The largest absolute Gasteiger partial charge is 0.490 e. The van der Waals surface area contributed by atoms with Gasteiger partial charge < -0.3 is 14.3 Å². The van der Waals surface area contributed by atoms with Crippen molar-refractivity contribution in [1.82, 2.24) is 0 Å². The molecule has 0 radical (unpaired) electrons. The molecule has 0 saturated heterocycles. The Morgan fingerprint density at radius 3 is 2.31 bits per heavy atom. The third-order valence-electron chi connectivity index (χ3n) is 3.54. The van der Waals surface area contributed by atoms with E-state index in [2.05, 4.69) is 11.7 Å². The van der Waals surface area contributed by atoms with Gasteiger partial charge in [-0.25, -0.2) is 0 Å². The van der Waals surface area contributed by atoms with Crippen LogP contribution in [-0.4, -0.2) is 26.0 Å². The summed E-state index contributed by atoms with van der Waals surface area (Å²) in [7, 11) is 0. The maximum absolute atomic E-state index is 6.26. The molecule has 0 amide bonds. The van der Waals surface area contributed by atoms with Gasteiger partial charge in [0, 0.05) is 18.6 Å². The average Bonchev–Trinajstić information content (AvgIpc) is 2.68. The highest BCUT2D eigenvalue weighted by Gasteiger charge is 2.11. The Labute approximate surface area is 190 Å². The number of nitrogens with zero attached hydrogens (tertiary/aromatic N) is 1. The van der Waals surface area contributed by atoms with Crippen LogP contribution in [0.25, 0.3) is 0 Å². The maximum atomic E-state index is 6.26. The van der Waals surface area contributed by atoms with Gasteiger partial charge in [-0.15, -0.1) is 0 Å². The topological polar surface area (TPSA) is 40.0 Å². The second-order valence-corrected chi connectivity index (χ2v) is 7.50. The van der Waals surface area contributed by atoms with Crippen LogP contribution < -0.4 is 9.47 Å². The molecule has 2 rings (SSSR count). The quantitative estimate of drug-likeness (QED) is 0.155. The van der Waals surface area contributed by atoms with E-state index in [0.717, 1.165) is 11.1 Å². The zero-order valence-corrected chi connectivity index (χ0v) is 18.4. The molecule has 0 aliphatic carbocycles. The molecule has 0 spiro atoms. The predicted octanol–water partition coefficient (Wildman–Crippen LogP) is 6.85. The Morgan fingerprint density at radius 1 is 1.00 bits per heavy atom. The summed E-state index contributed by atoms with van der Waals surface area (Å²) in [4.78, 5) is 4.98. The fourth-order valence-electron chi connectivity index (χ4n) is 2.19. The third-order valence-corrected chi connectivity index (χ3v) is 4.42. The highest BCUT2D eigenvalue weighted by Crippen LogP contribution is 2.37. The van der Waals surface area contributed by atoms with Crippen molar-refractivity contribution in [2.75, 3.05) is 19.8 Å². The van der Waals surface area contributed by atoms with Gasteiger partial charge in [0.25, 0.3) is 0 Å². The van der Waals surface area contributed by atoms with Gasteiger partial charge in [-0.1, -0.05) is 88.5 Å². The zero-order chi connectivity index (χ0) is 21.1. The molecule has 0 N–H and O–H groups in total. The molecule has 0 aliphatic heterocycles. The number of ether oxygens (including phenoxy) is 2. The highest BCUT2D eigenvalue weighted by molar-refractivity contribution is 6.55. The molecule has 154 valence electrons. The van der Waals surface area contributed by atoms with E-state index in [1.54, 1.807) is 24.4 Å². The van der Waals surface area contributed by atoms with Crippen molar-refractivity contribution in [3.63, 3.8) is 0 Å². The van der Waals surface area contributed by atoms with Crippen LogP contribution in [0.1, 0.15) is 11.1 Å². The molecule has 0 atom stereocenters. The molecule has 29 heavy (non-hydrogen) atoms. The van der Waals surface area contributed by atoms with Crippen molar-refractivity contribution >= 4 is 52.6 Å². The van der Waals surface area contributed by atoms with Gasteiger partial charge >= 0.3 is 0 Å². The normalized spacial score (nSPS) is 10.6. The van der Waals surface area contributed by atoms with E-state index in [0.29, 0.717) is 41.2 Å². The molecule has 0 saturated carbocycles. The van der Waals surface area contributed by atoms with Crippen molar-refractivity contribution in [3.8, 4) is 11.5 Å². The number of benzene rings is 2. The third kappa shape index (κ3) is 8.58. The lowest BCUT2D eigenvalue weighted by Crippen LogP contribution is -2.03. The van der Waals surface area contributed by atoms with E-state index < -0.39 is 0 Å². The SMILES string of the molecule is C=CCON=Cc1ccc(CCOc2c(Cl)cc(OCC=C(Cl)Cl)cc2Cl)cc1. The summed E-state index contributed by atoms with van der Waals surface area (Å²) in [5, 5.41) is 4.56. The average molecular weight is 475 g/mol. The molecule has 0 unspecified atom stereocenters. The molecule has 0 fully saturated rings. The minimum atomic E-state index is 0.128. The van der Waals surface area contributed by atoms with Crippen LogP contribution in [0.15, 0.2) is 64.8 Å². The minimum absolute atomic E-state index is 0.128. The molecule has 8 heteroatoms. The van der Waals surface area contributed by atoms with E-state index in [9.17, 15) is 0 Å². The summed E-state index contributed by atoms with van der Waals surface area (Å²) in [6, 6.07) is 11.1. The lowest BCUT2D eigenvalue weighted by Gasteiger charge is -2.12. The summed E-state index contributed by atoms with van der Waals surface area (Å²) in [6.45, 7) is 4.55. The Balaban J connectivity index is 1.87. The first-order chi connectivity index (χ1) is 14.0. The Hall–Kier alpha value is -1.85. The molecule has 2 aromatic carbocycles. The van der Waals surface area contributed by atoms with Crippen LogP contribution >= 0.6 is 46.4 Å². The predicted molar refractivity (Wildman–Crippen MR) is 121 cm³/mol. The summed E-state index contributed by atoms with van der Waals surface area (Å²) in [6.07, 6.45) is 5.48. The Kier molecular flexibility index (Phi) is 10.2. The van der Waals surface area contributed by atoms with Crippen LogP contribution in [0.5, 0.6) is 11.5 Å². The Morgan fingerprint density at radius 2 is 1.69 bits per heavy atom. The monoisotopic (exact) mass is 473 g/mol. The minimum Gasteiger partial charge on any atom is -0.490 e. The first-order valence-corrected chi connectivity index (χ1v) is 10.1. The summed E-state index contributed by atoms with van der Waals surface area (Å²) in [5.74, 6) is 0.905. The van der Waals surface area contributed by atoms with E-state index in [1.807, 2.05) is 24.3 Å². The van der Waals surface area contributed by atoms with Crippen LogP contribution in [0.2, 0.25) is 10.0 Å². The van der Waals surface area contributed by atoms with Crippen molar-refractivity contribution in [1.29, 1.82) is 0 Å². The maximum Gasteiger partial charge on any atom is 0.156 e. The number of hydrogen-bond donors (Lipinski definition) is 0. The molecular weight excluding hydrogens is 456 g/mol. The summed E-state index contributed by atoms with van der Waals surface area (Å²) >= 11 is 23.6. The fourth-order valence-corrected chi connectivity index (χ4v) is 2.90. The highest BCUT2D eigenvalue weighted by atomic mass is 35.5. The standard InChI is InChI=1S/C21H19Cl4NO3/c1-2-9-29-26-14-16-5-3-15(4-6-16)7-10-28-21-18(22)12-17(13-19(21)23)27-11-8-20(24)25/h2-6,8,12-14H,1,7,9-11H2. The van der Waals surface area contributed by atoms with E-state index in [1.165, 1.54) is 6.08 Å². The molecule has 0 bridgehead atoms. The van der Waals surface area contributed by atoms with Crippen molar-refractivity contribution in [2.45, 2.75) is 6.42 Å². The Bertz CT molecular complexity index is 840. The summed E-state index contributed by atoms with van der Waals surface area (Å²) in [5.41, 5.74) is 2.04. The van der Waals surface area contributed by atoms with Crippen molar-refractivity contribution in [2.24, 2.45) is 5.16 Å². The van der Waals surface area contributed by atoms with Crippen molar-refractivity contribution in [3.05, 3.63) is 80.8 Å². The van der Waals surface area contributed by atoms with Gasteiger partial charge in [-0.05, 0) is 17.2 Å². The smallest absolute Gasteiger partial charge is 0.156 e. The molecule has 4 nitrogen and oxygen atoms in total. The van der Waals surface area contributed by atoms with Crippen LogP contribution in [-0.2, 0) is 11.3 Å². The molecule has 0 aromatic heterocycles. The summed E-state index contributed by atoms with van der Waals surface area (Å²) < 4.78 is 11.4. The number of halogens is 4. The van der Waals surface area contributed by atoms with Crippen molar-refractivity contribution < 1.29 is 14.3 Å². The number of hydrogen-bond acceptors (Lipinski definition) is 4. The molecule has 2 aromatic rings. The second-order valence-electron chi connectivity index (χ2n) is 5.68. The van der Waals surface area contributed by atoms with Gasteiger partial charge in [0.2, 0.25) is 0 Å². The lowest BCUT2D eigenvalue weighted by atomic mass is 10.1. The zero-order valence-electron chi connectivity index (χ0n) is 15.4. The number of rotatable bonds is 11. The fraction of sp³-hybridized carbons (Fsp3) is 0.190. The van der Waals surface area contributed by atoms with Gasteiger partial charge in [-0.3, -0.25) is 0 Å². The van der Waals surface area contributed by atoms with Crippen LogP contribution in [0.3, 0.4) is 0 Å². The molecule has 0 heterocycles. The van der Waals surface area contributed by atoms with Crippen LogP contribution in [0, 0.1) is 0 Å². The lowest BCUT2D eigenvalue weighted by molar-refractivity contribution is 0.176. The van der Waals surface area contributed by atoms with Gasteiger partial charge in [0.05, 0.1) is 22.9 Å². The van der Waals surface area contributed by atoms with Gasteiger partial charge in [0.15, 0.2) is 5.75 Å².